The van der Waals surface area contributed by atoms with E-state index in [4.69, 9.17) is 5.53 Å². The van der Waals surface area contributed by atoms with Crippen LogP contribution in [0.5, 0.6) is 0 Å². The Hall–Kier alpha value is -2.77. The van der Waals surface area contributed by atoms with Gasteiger partial charge < -0.3 is 5.53 Å². The van der Waals surface area contributed by atoms with Gasteiger partial charge in [-0.2, -0.15) is 4.79 Å². The Morgan fingerprint density at radius 1 is 0.950 bits per heavy atom. The first-order chi connectivity index (χ1) is 9.81. The Morgan fingerprint density at radius 2 is 1.45 bits per heavy atom. The zero-order valence-electron chi connectivity index (χ0n) is 10.7. The zero-order valence-corrected chi connectivity index (χ0v) is 10.7. The predicted octanol–water partition coefficient (Wildman–Crippen LogP) is 3.17. The molecule has 0 atom stereocenters. The third-order valence-electron chi connectivity index (χ3n) is 3.53. The molecule has 0 saturated carbocycles. The van der Waals surface area contributed by atoms with E-state index in [-0.39, 0.29) is 5.78 Å². The van der Waals surface area contributed by atoms with Crippen molar-refractivity contribution in [2.24, 2.45) is 0 Å². The molecule has 2 aromatic rings. The van der Waals surface area contributed by atoms with Gasteiger partial charge in [0.25, 0.3) is 0 Å². The average molecular weight is 260 g/mol. The van der Waals surface area contributed by atoms with Crippen molar-refractivity contribution in [2.75, 3.05) is 0 Å². The number of carbonyl (C=O) groups excluding carboxylic acids is 1. The number of carbonyl (C=O) groups is 1. The summed E-state index contributed by atoms with van der Waals surface area (Å²) in [5.74, 6) is -0.663. The molecule has 20 heavy (non-hydrogen) atoms. The number of nitrogens with zero attached hydrogens (tertiary/aromatic N) is 2. The maximum atomic E-state index is 12.3. The topological polar surface area (TPSA) is 53.5 Å². The van der Waals surface area contributed by atoms with Crippen LogP contribution < -0.4 is 0 Å². The Labute approximate surface area is 116 Å². The van der Waals surface area contributed by atoms with Crippen LogP contribution in [0, 0.1) is 0 Å². The van der Waals surface area contributed by atoms with Gasteiger partial charge in [0, 0.05) is 0 Å². The van der Waals surface area contributed by atoms with Gasteiger partial charge in [-0.1, -0.05) is 60.7 Å². The quantitative estimate of drug-likeness (QED) is 0.465. The highest BCUT2D eigenvalue weighted by atomic mass is 16.1. The first kappa shape index (κ1) is 12.3. The van der Waals surface area contributed by atoms with Crippen LogP contribution >= 0.6 is 0 Å². The Morgan fingerprint density at radius 3 is 1.95 bits per heavy atom. The van der Waals surface area contributed by atoms with E-state index in [1.54, 1.807) is 0 Å². The molecule has 96 valence electrons. The van der Waals surface area contributed by atoms with Crippen molar-refractivity contribution < 1.29 is 9.58 Å². The highest BCUT2D eigenvalue weighted by Crippen LogP contribution is 2.34. The van der Waals surface area contributed by atoms with Gasteiger partial charge in [-0.25, -0.2) is 0 Å². The molecular formula is C17H12N2O. The third-order valence-corrected chi connectivity index (χ3v) is 3.53. The van der Waals surface area contributed by atoms with Crippen LogP contribution in [-0.4, -0.2) is 16.8 Å². The fourth-order valence-corrected chi connectivity index (χ4v) is 2.64. The summed E-state index contributed by atoms with van der Waals surface area (Å²) in [6.07, 6.45) is 5.00. The average Bonchev–Trinajstić information content (AvgIpc) is 2.64. The molecule has 1 aliphatic rings. The summed E-state index contributed by atoms with van der Waals surface area (Å²) in [6.45, 7) is 0. The van der Waals surface area contributed by atoms with E-state index >= 15 is 0 Å². The van der Waals surface area contributed by atoms with Crippen molar-refractivity contribution in [1.29, 1.82) is 0 Å². The minimum absolute atomic E-state index is 0.226. The number of Topliss-reactive ketones (excluding diaryl/α,β-unsaturated/α-hetero) is 1. The summed E-state index contributed by atoms with van der Waals surface area (Å²) < 4.78 is 0. The van der Waals surface area contributed by atoms with E-state index < -0.39 is 5.92 Å². The first-order valence-electron chi connectivity index (χ1n) is 6.38. The Balaban J connectivity index is 2.28. The van der Waals surface area contributed by atoms with Gasteiger partial charge in [0.2, 0.25) is 5.78 Å². The maximum Gasteiger partial charge on any atom is 0.324 e. The van der Waals surface area contributed by atoms with E-state index in [2.05, 4.69) is 4.79 Å². The maximum absolute atomic E-state index is 12.3. The van der Waals surface area contributed by atoms with Gasteiger partial charge in [-0.05, 0) is 22.3 Å². The van der Waals surface area contributed by atoms with Crippen molar-refractivity contribution in [3.63, 3.8) is 0 Å². The van der Waals surface area contributed by atoms with E-state index in [1.807, 2.05) is 60.7 Å². The lowest BCUT2D eigenvalue weighted by atomic mass is 9.85. The van der Waals surface area contributed by atoms with Gasteiger partial charge in [0.1, 0.15) is 0 Å². The molecule has 0 fully saturated rings. The van der Waals surface area contributed by atoms with Gasteiger partial charge in [-0.3, -0.25) is 4.79 Å². The standard InChI is InChI=1S/C17H12N2O/c18-19-11-16(20)17-14-7-3-1-5-12(14)9-10-13-6-2-4-8-15(13)17/h1-11,17H. The Kier molecular flexibility index (Phi) is 3.12. The summed E-state index contributed by atoms with van der Waals surface area (Å²) in [5, 5.41) is 0. The molecular weight excluding hydrogens is 248 g/mol. The summed E-state index contributed by atoms with van der Waals surface area (Å²) in [6, 6.07) is 15.6. The first-order valence-corrected chi connectivity index (χ1v) is 6.38. The van der Waals surface area contributed by atoms with Crippen molar-refractivity contribution in [2.45, 2.75) is 5.92 Å². The lowest BCUT2D eigenvalue weighted by Crippen LogP contribution is -2.17. The number of ketones is 1. The molecule has 0 aromatic heterocycles. The lowest BCUT2D eigenvalue weighted by Gasteiger charge is -2.15. The largest absolute Gasteiger partial charge is 0.361 e. The second kappa shape index (κ2) is 5.08. The summed E-state index contributed by atoms with van der Waals surface area (Å²) in [5.41, 5.74) is 12.5. The number of fused-ring (bicyclic) bond motifs is 2. The molecule has 3 nitrogen and oxygen atoms in total. The van der Waals surface area contributed by atoms with Gasteiger partial charge in [0.05, 0.1) is 5.92 Å². The molecule has 0 spiro atoms. The summed E-state index contributed by atoms with van der Waals surface area (Å²) in [7, 11) is 0. The number of rotatable bonds is 2. The molecule has 0 bridgehead atoms. The van der Waals surface area contributed by atoms with Crippen LogP contribution in [0.15, 0.2) is 48.5 Å². The van der Waals surface area contributed by atoms with Gasteiger partial charge >= 0.3 is 6.21 Å². The van der Waals surface area contributed by atoms with Crippen LogP contribution in [0.4, 0.5) is 0 Å². The molecule has 0 N–H and O–H groups in total. The van der Waals surface area contributed by atoms with Crippen molar-refractivity contribution in [1.82, 2.24) is 0 Å². The van der Waals surface area contributed by atoms with E-state index in [1.165, 1.54) is 0 Å². The van der Waals surface area contributed by atoms with Crippen molar-refractivity contribution >= 4 is 24.1 Å². The summed E-state index contributed by atoms with van der Waals surface area (Å²) in [4.78, 5) is 15.2. The second-order valence-corrected chi connectivity index (χ2v) is 4.67. The van der Waals surface area contributed by atoms with Crippen molar-refractivity contribution in [3.05, 3.63) is 76.3 Å². The molecule has 0 aliphatic heterocycles. The molecule has 0 amide bonds. The Bertz CT molecular complexity index is 706. The molecule has 0 radical (unpaired) electrons. The summed E-state index contributed by atoms with van der Waals surface area (Å²) >= 11 is 0. The van der Waals surface area contributed by atoms with Gasteiger partial charge in [-0.15, -0.1) is 0 Å². The highest BCUT2D eigenvalue weighted by Gasteiger charge is 2.28. The van der Waals surface area contributed by atoms with Crippen LogP contribution in [0.25, 0.3) is 17.7 Å². The van der Waals surface area contributed by atoms with Crippen LogP contribution in [0.2, 0.25) is 0 Å². The molecule has 1 aliphatic carbocycles. The molecule has 0 saturated heterocycles. The molecule has 0 heterocycles. The normalized spacial score (nSPS) is 12.8. The molecule has 0 unspecified atom stereocenters. The van der Waals surface area contributed by atoms with Crippen LogP contribution in [0.3, 0.4) is 0 Å². The zero-order chi connectivity index (χ0) is 13.9. The molecule has 3 rings (SSSR count). The smallest absolute Gasteiger partial charge is 0.324 e. The fraction of sp³-hybridized carbons (Fsp3) is 0.0588. The molecule has 2 aromatic carbocycles. The van der Waals surface area contributed by atoms with Crippen LogP contribution in [-0.2, 0) is 4.79 Å². The second-order valence-electron chi connectivity index (χ2n) is 4.67. The number of benzene rings is 2. The highest BCUT2D eigenvalue weighted by molar-refractivity contribution is 6.29. The minimum Gasteiger partial charge on any atom is -0.361 e. The number of hydrogen-bond donors (Lipinski definition) is 0. The SMILES string of the molecule is [N-]=[N+]=CC(=O)C1c2ccccc2C=Cc2ccccc21. The predicted molar refractivity (Wildman–Crippen MR) is 78.3 cm³/mol. The molecule has 3 heteroatoms. The third kappa shape index (κ3) is 2.00. The lowest BCUT2D eigenvalue weighted by molar-refractivity contribution is -0.116. The van der Waals surface area contributed by atoms with E-state index in [9.17, 15) is 4.79 Å². The number of hydrogen-bond acceptors (Lipinski definition) is 1. The van der Waals surface area contributed by atoms with Crippen molar-refractivity contribution in [3.8, 4) is 0 Å². The van der Waals surface area contributed by atoms with E-state index in [0.29, 0.717) is 0 Å². The van der Waals surface area contributed by atoms with E-state index in [0.717, 1.165) is 28.5 Å². The van der Waals surface area contributed by atoms with Gasteiger partial charge in [0.15, 0.2) is 0 Å². The fourth-order valence-electron chi connectivity index (χ4n) is 2.64. The minimum atomic E-state index is -0.437. The monoisotopic (exact) mass is 260 g/mol. The van der Waals surface area contributed by atoms with Crippen LogP contribution in [0.1, 0.15) is 28.2 Å².